The summed E-state index contributed by atoms with van der Waals surface area (Å²) in [7, 11) is 0. The molecule has 0 saturated carbocycles. The van der Waals surface area contributed by atoms with Gasteiger partial charge in [0.1, 0.15) is 6.04 Å². The Hall–Kier alpha value is -0.570. The van der Waals surface area contributed by atoms with E-state index in [1.807, 2.05) is 13.8 Å². The van der Waals surface area contributed by atoms with Gasteiger partial charge in [-0.3, -0.25) is 9.69 Å². The molecule has 1 heterocycles. The van der Waals surface area contributed by atoms with E-state index in [2.05, 4.69) is 10.6 Å². The highest BCUT2D eigenvalue weighted by molar-refractivity contribution is 5.85. The van der Waals surface area contributed by atoms with Crippen molar-refractivity contribution < 1.29 is 22.7 Å². The van der Waals surface area contributed by atoms with Crippen molar-refractivity contribution in [3.05, 3.63) is 0 Å². The molecule has 1 aliphatic rings. The van der Waals surface area contributed by atoms with Crippen LogP contribution in [0.25, 0.3) is 0 Å². The molecule has 1 rings (SSSR count). The van der Waals surface area contributed by atoms with E-state index in [0.29, 0.717) is 26.2 Å². The monoisotopic (exact) mass is 347 g/mol. The number of rotatable bonds is 7. The Kier molecular flexibility index (Phi) is 9.99. The van der Waals surface area contributed by atoms with E-state index in [4.69, 9.17) is 4.74 Å². The van der Waals surface area contributed by atoms with Gasteiger partial charge in [0.05, 0.1) is 12.7 Å². The summed E-state index contributed by atoms with van der Waals surface area (Å²) < 4.78 is 44.4. The molecule has 1 unspecified atom stereocenters. The largest absolute Gasteiger partial charge is 0.405 e. The predicted molar refractivity (Wildman–Crippen MR) is 80.2 cm³/mol. The van der Waals surface area contributed by atoms with Gasteiger partial charge in [-0.1, -0.05) is 0 Å². The van der Waals surface area contributed by atoms with E-state index in [1.165, 1.54) is 4.90 Å². The molecular formula is C13H25ClF3N3O2. The normalized spacial score (nSPS) is 17.9. The van der Waals surface area contributed by atoms with E-state index in [9.17, 15) is 18.0 Å². The van der Waals surface area contributed by atoms with Crippen molar-refractivity contribution in [2.24, 2.45) is 0 Å². The molecule has 0 aliphatic carbocycles. The first-order valence-corrected chi connectivity index (χ1v) is 7.20. The molecule has 1 saturated heterocycles. The van der Waals surface area contributed by atoms with Gasteiger partial charge in [0.25, 0.3) is 0 Å². The zero-order valence-corrected chi connectivity index (χ0v) is 13.7. The average molecular weight is 348 g/mol. The maximum absolute atomic E-state index is 13.1. The van der Waals surface area contributed by atoms with Gasteiger partial charge in [0, 0.05) is 39.1 Å². The van der Waals surface area contributed by atoms with E-state index in [-0.39, 0.29) is 31.5 Å². The number of nitrogens with zero attached hydrogens (tertiary/aromatic N) is 1. The topological polar surface area (TPSA) is 53.6 Å². The number of hydrogen-bond donors (Lipinski definition) is 2. The van der Waals surface area contributed by atoms with Gasteiger partial charge in [-0.15, -0.1) is 12.4 Å². The number of alkyl halides is 3. The third-order valence-corrected chi connectivity index (χ3v) is 3.24. The van der Waals surface area contributed by atoms with Crippen molar-refractivity contribution >= 4 is 18.3 Å². The van der Waals surface area contributed by atoms with Gasteiger partial charge in [0.2, 0.25) is 5.91 Å². The van der Waals surface area contributed by atoms with Crippen LogP contribution in [0.4, 0.5) is 13.2 Å². The van der Waals surface area contributed by atoms with Crippen LogP contribution >= 0.6 is 12.4 Å². The maximum atomic E-state index is 13.1. The fourth-order valence-corrected chi connectivity index (χ4v) is 2.13. The molecule has 9 heteroatoms. The molecule has 2 N–H and O–H groups in total. The van der Waals surface area contributed by atoms with Crippen LogP contribution in [0.2, 0.25) is 0 Å². The fraction of sp³-hybridized carbons (Fsp3) is 0.923. The summed E-state index contributed by atoms with van der Waals surface area (Å²) in [4.78, 5) is 12.9. The summed E-state index contributed by atoms with van der Waals surface area (Å²) in [5, 5.41) is 5.37. The van der Waals surface area contributed by atoms with Crippen molar-refractivity contribution in [1.82, 2.24) is 15.5 Å². The zero-order chi connectivity index (χ0) is 15.9. The van der Waals surface area contributed by atoms with Gasteiger partial charge in [-0.2, -0.15) is 13.2 Å². The summed E-state index contributed by atoms with van der Waals surface area (Å²) in [5.74, 6) is -0.417. The highest BCUT2D eigenvalue weighted by atomic mass is 35.5. The van der Waals surface area contributed by atoms with Crippen LogP contribution < -0.4 is 10.6 Å². The molecule has 5 nitrogen and oxygen atoms in total. The molecule has 1 atom stereocenters. The first kappa shape index (κ1) is 21.4. The van der Waals surface area contributed by atoms with Crippen molar-refractivity contribution in [1.29, 1.82) is 0 Å². The Balaban J connectivity index is 0.00000441. The molecule has 0 aromatic carbocycles. The molecule has 0 aromatic rings. The molecule has 0 bridgehead atoms. The van der Waals surface area contributed by atoms with Gasteiger partial charge >= 0.3 is 6.18 Å². The third kappa shape index (κ3) is 8.17. The summed E-state index contributed by atoms with van der Waals surface area (Å²) in [6.07, 6.45) is -4.27. The molecule has 0 radical (unpaired) electrons. The highest BCUT2D eigenvalue weighted by Gasteiger charge is 2.43. The van der Waals surface area contributed by atoms with E-state index < -0.39 is 24.7 Å². The summed E-state index contributed by atoms with van der Waals surface area (Å²) in [6, 6.07) is -1.63. The smallest absolute Gasteiger partial charge is 0.378 e. The standard InChI is InChI=1S/C13H24F3N3O2.ClH/c1-10(2)21-8-3-12(20)18-9-11(13(14,15)16)19-6-4-17-5-7-19;/h10-11,17H,3-9H2,1-2H3,(H,18,20);1H. The second-order valence-electron chi connectivity index (χ2n) is 5.32. The van der Waals surface area contributed by atoms with Crippen LogP contribution in [0, 0.1) is 0 Å². The first-order valence-electron chi connectivity index (χ1n) is 7.20. The van der Waals surface area contributed by atoms with Crippen molar-refractivity contribution in [2.45, 2.75) is 38.6 Å². The van der Waals surface area contributed by atoms with E-state index in [0.717, 1.165) is 0 Å². The maximum Gasteiger partial charge on any atom is 0.405 e. The molecular weight excluding hydrogens is 323 g/mol. The van der Waals surface area contributed by atoms with Crippen LogP contribution in [0.1, 0.15) is 20.3 Å². The Morgan fingerprint density at radius 1 is 1.32 bits per heavy atom. The predicted octanol–water partition coefficient (Wildman–Crippen LogP) is 1.18. The van der Waals surface area contributed by atoms with E-state index in [1.54, 1.807) is 0 Å². The number of ether oxygens (including phenoxy) is 1. The number of amides is 1. The molecule has 0 aromatic heterocycles. The number of carbonyl (C=O) groups is 1. The quantitative estimate of drug-likeness (QED) is 0.726. The minimum atomic E-state index is -4.35. The van der Waals surface area contributed by atoms with Crippen molar-refractivity contribution in [2.75, 3.05) is 39.3 Å². The van der Waals surface area contributed by atoms with Crippen LogP contribution in [0.3, 0.4) is 0 Å². The molecule has 1 fully saturated rings. The highest BCUT2D eigenvalue weighted by Crippen LogP contribution is 2.24. The number of hydrogen-bond acceptors (Lipinski definition) is 4. The minimum absolute atomic E-state index is 0. The van der Waals surface area contributed by atoms with Crippen molar-refractivity contribution in [3.8, 4) is 0 Å². The summed E-state index contributed by atoms with van der Waals surface area (Å²) in [6.45, 7) is 5.19. The van der Waals surface area contributed by atoms with Gasteiger partial charge in [0.15, 0.2) is 0 Å². The lowest BCUT2D eigenvalue weighted by molar-refractivity contribution is -0.184. The lowest BCUT2D eigenvalue weighted by Gasteiger charge is -2.35. The third-order valence-electron chi connectivity index (χ3n) is 3.24. The number of halogens is 4. The first-order chi connectivity index (χ1) is 9.80. The van der Waals surface area contributed by atoms with Gasteiger partial charge in [-0.25, -0.2) is 0 Å². The summed E-state index contributed by atoms with van der Waals surface area (Å²) >= 11 is 0. The molecule has 1 aliphatic heterocycles. The Morgan fingerprint density at radius 3 is 2.41 bits per heavy atom. The fourth-order valence-electron chi connectivity index (χ4n) is 2.13. The second kappa shape index (κ2) is 10.3. The van der Waals surface area contributed by atoms with Crippen LogP contribution in [-0.2, 0) is 9.53 Å². The average Bonchev–Trinajstić information content (AvgIpc) is 2.38. The molecule has 1 amide bonds. The molecule has 22 heavy (non-hydrogen) atoms. The Bertz CT molecular complexity index is 324. The molecule has 0 spiro atoms. The van der Waals surface area contributed by atoms with Gasteiger partial charge in [-0.05, 0) is 13.8 Å². The second-order valence-corrected chi connectivity index (χ2v) is 5.32. The van der Waals surface area contributed by atoms with E-state index >= 15 is 0 Å². The summed E-state index contributed by atoms with van der Waals surface area (Å²) in [5.41, 5.74) is 0. The number of carbonyl (C=O) groups excluding carboxylic acids is 1. The zero-order valence-electron chi connectivity index (χ0n) is 12.9. The Labute approximate surface area is 135 Å². The van der Waals surface area contributed by atoms with Gasteiger partial charge < -0.3 is 15.4 Å². The van der Waals surface area contributed by atoms with Crippen molar-refractivity contribution in [3.63, 3.8) is 0 Å². The lowest BCUT2D eigenvalue weighted by atomic mass is 10.2. The molecule has 132 valence electrons. The lowest BCUT2D eigenvalue weighted by Crippen LogP contribution is -2.57. The SMILES string of the molecule is CC(C)OCCC(=O)NCC(N1CCNCC1)C(F)(F)F.Cl. The van der Waals surface area contributed by atoms with Crippen LogP contribution in [0.15, 0.2) is 0 Å². The van der Waals surface area contributed by atoms with Crippen LogP contribution in [-0.4, -0.2) is 68.5 Å². The number of nitrogens with one attached hydrogen (secondary N) is 2. The number of piperazine rings is 1. The Morgan fingerprint density at radius 2 is 1.91 bits per heavy atom. The van der Waals surface area contributed by atoms with Crippen LogP contribution in [0.5, 0.6) is 0 Å². The minimum Gasteiger partial charge on any atom is -0.378 e.